The minimum absolute atomic E-state index is 0.144. The molecular formula is C12H18BrClN2O3S. The van der Waals surface area contributed by atoms with E-state index in [1.165, 1.54) is 10.4 Å². The fraction of sp³-hybridized carbons (Fsp3) is 0.667. The molecule has 0 spiro atoms. The molecule has 1 saturated heterocycles. The molecule has 5 nitrogen and oxygen atoms in total. The number of likely N-dealkylation sites (N-methyl/N-ethyl adjacent to an activating group) is 1. The Balaban J connectivity index is 2.30. The van der Waals surface area contributed by atoms with Crippen LogP contribution in [0.15, 0.2) is 20.0 Å². The van der Waals surface area contributed by atoms with Gasteiger partial charge in [0.15, 0.2) is 4.67 Å². The van der Waals surface area contributed by atoms with Gasteiger partial charge in [-0.25, -0.2) is 8.42 Å². The summed E-state index contributed by atoms with van der Waals surface area (Å²) in [5.74, 6) is 0.872. The van der Waals surface area contributed by atoms with E-state index in [9.17, 15) is 8.42 Å². The first-order valence-electron chi connectivity index (χ1n) is 6.28. The number of nitrogens with zero attached hydrogens (tertiary/aromatic N) is 2. The zero-order valence-corrected chi connectivity index (χ0v) is 14.8. The van der Waals surface area contributed by atoms with Crippen LogP contribution in [-0.2, 0) is 15.9 Å². The van der Waals surface area contributed by atoms with Gasteiger partial charge in [0.05, 0.1) is 5.88 Å². The lowest BCUT2D eigenvalue weighted by Gasteiger charge is -2.22. The monoisotopic (exact) mass is 384 g/mol. The molecule has 2 atom stereocenters. The molecule has 0 aromatic carbocycles. The zero-order chi connectivity index (χ0) is 15.1. The average Bonchev–Trinajstić information content (AvgIpc) is 2.93. The van der Waals surface area contributed by atoms with Gasteiger partial charge < -0.3 is 9.32 Å². The summed E-state index contributed by atoms with van der Waals surface area (Å²) in [7, 11) is 0.387. The van der Waals surface area contributed by atoms with Gasteiger partial charge in [0.2, 0.25) is 10.0 Å². The SMILES string of the molecule is CC1CN(S(=O)(=O)c2cc(CCl)oc2Br)CC1N(C)C. The predicted molar refractivity (Wildman–Crippen MR) is 81.4 cm³/mol. The summed E-state index contributed by atoms with van der Waals surface area (Å²) in [6.45, 7) is 3.07. The highest BCUT2D eigenvalue weighted by Crippen LogP contribution is 2.32. The average molecular weight is 386 g/mol. The molecule has 1 fully saturated rings. The second kappa shape index (κ2) is 5.96. The van der Waals surface area contributed by atoms with Crippen molar-refractivity contribution in [3.63, 3.8) is 0 Å². The third-order valence-electron chi connectivity index (χ3n) is 3.66. The normalized spacial score (nSPS) is 24.7. The molecule has 2 heterocycles. The molecule has 0 saturated carbocycles. The molecule has 1 aliphatic rings. The van der Waals surface area contributed by atoms with Crippen molar-refractivity contribution >= 4 is 37.6 Å². The molecule has 2 unspecified atom stereocenters. The lowest BCUT2D eigenvalue weighted by molar-refractivity contribution is 0.263. The van der Waals surface area contributed by atoms with Crippen LogP contribution in [0.1, 0.15) is 12.7 Å². The Morgan fingerprint density at radius 1 is 1.50 bits per heavy atom. The number of sulfonamides is 1. The van der Waals surface area contributed by atoms with Crippen molar-refractivity contribution in [2.24, 2.45) is 5.92 Å². The topological polar surface area (TPSA) is 53.8 Å². The molecule has 20 heavy (non-hydrogen) atoms. The highest BCUT2D eigenvalue weighted by atomic mass is 79.9. The Hall–Kier alpha value is -0.0800. The lowest BCUT2D eigenvalue weighted by Crippen LogP contribution is -2.35. The van der Waals surface area contributed by atoms with Gasteiger partial charge in [-0.2, -0.15) is 4.31 Å². The molecule has 0 N–H and O–H groups in total. The fourth-order valence-electron chi connectivity index (χ4n) is 2.55. The van der Waals surface area contributed by atoms with Crippen LogP contribution in [0.5, 0.6) is 0 Å². The number of alkyl halides is 1. The third kappa shape index (κ3) is 2.92. The Labute approximate surface area is 133 Å². The van der Waals surface area contributed by atoms with Gasteiger partial charge in [-0.05, 0) is 35.9 Å². The van der Waals surface area contributed by atoms with Gasteiger partial charge in [0, 0.05) is 25.2 Å². The molecule has 1 aromatic heterocycles. The van der Waals surface area contributed by atoms with Gasteiger partial charge in [0.1, 0.15) is 10.7 Å². The molecule has 0 bridgehead atoms. The van der Waals surface area contributed by atoms with E-state index in [2.05, 4.69) is 27.8 Å². The van der Waals surface area contributed by atoms with E-state index in [-0.39, 0.29) is 27.4 Å². The van der Waals surface area contributed by atoms with Crippen LogP contribution >= 0.6 is 27.5 Å². The van der Waals surface area contributed by atoms with E-state index in [1.807, 2.05) is 14.1 Å². The van der Waals surface area contributed by atoms with Crippen molar-refractivity contribution in [3.8, 4) is 0 Å². The Morgan fingerprint density at radius 3 is 2.60 bits per heavy atom. The number of furan rings is 1. The summed E-state index contributed by atoms with van der Waals surface area (Å²) in [6.07, 6.45) is 0. The molecule has 0 amide bonds. The minimum atomic E-state index is -3.55. The van der Waals surface area contributed by atoms with Gasteiger partial charge in [-0.1, -0.05) is 6.92 Å². The van der Waals surface area contributed by atoms with E-state index >= 15 is 0 Å². The molecule has 2 rings (SSSR count). The number of halogens is 2. The largest absolute Gasteiger partial charge is 0.452 e. The predicted octanol–water partition coefficient (Wildman–Crippen LogP) is 2.35. The number of rotatable bonds is 4. The van der Waals surface area contributed by atoms with Gasteiger partial charge in [0.25, 0.3) is 0 Å². The fourth-order valence-corrected chi connectivity index (χ4v) is 5.20. The minimum Gasteiger partial charge on any atom is -0.452 e. The van der Waals surface area contributed by atoms with Crippen LogP contribution in [0, 0.1) is 5.92 Å². The first-order valence-corrected chi connectivity index (χ1v) is 9.05. The Morgan fingerprint density at radius 2 is 2.15 bits per heavy atom. The van der Waals surface area contributed by atoms with Gasteiger partial charge in [-0.15, -0.1) is 11.6 Å². The number of hydrogen-bond acceptors (Lipinski definition) is 4. The second-order valence-corrected chi connectivity index (χ2v) is 8.21. The summed E-state index contributed by atoms with van der Waals surface area (Å²) in [4.78, 5) is 2.22. The molecule has 0 aliphatic carbocycles. The van der Waals surface area contributed by atoms with Crippen molar-refractivity contribution in [3.05, 3.63) is 16.5 Å². The van der Waals surface area contributed by atoms with Crippen LogP contribution in [0.4, 0.5) is 0 Å². The maximum Gasteiger partial charge on any atom is 0.247 e. The van der Waals surface area contributed by atoms with Crippen molar-refractivity contribution < 1.29 is 12.8 Å². The lowest BCUT2D eigenvalue weighted by atomic mass is 10.1. The smallest absolute Gasteiger partial charge is 0.247 e. The summed E-state index contributed by atoms with van der Waals surface area (Å²) in [5.41, 5.74) is 0. The first-order chi connectivity index (χ1) is 9.27. The van der Waals surface area contributed by atoms with E-state index in [4.69, 9.17) is 16.0 Å². The van der Waals surface area contributed by atoms with Gasteiger partial charge in [-0.3, -0.25) is 0 Å². The molecular weight excluding hydrogens is 368 g/mol. The van der Waals surface area contributed by atoms with Crippen molar-refractivity contribution in [2.45, 2.75) is 23.7 Å². The van der Waals surface area contributed by atoms with E-state index < -0.39 is 10.0 Å². The van der Waals surface area contributed by atoms with E-state index in [0.717, 1.165) is 0 Å². The quantitative estimate of drug-likeness (QED) is 0.747. The van der Waals surface area contributed by atoms with E-state index in [0.29, 0.717) is 18.8 Å². The van der Waals surface area contributed by atoms with Crippen molar-refractivity contribution in [1.82, 2.24) is 9.21 Å². The van der Waals surface area contributed by atoms with Gasteiger partial charge >= 0.3 is 0 Å². The Bertz CT molecular complexity index is 588. The summed E-state index contributed by atoms with van der Waals surface area (Å²) in [6, 6.07) is 1.71. The maximum absolute atomic E-state index is 12.7. The molecule has 1 aromatic rings. The molecule has 8 heteroatoms. The van der Waals surface area contributed by atoms with Crippen LogP contribution in [0.3, 0.4) is 0 Å². The standard InChI is InChI=1S/C12H18BrClN2O3S/c1-8-6-16(7-10(8)15(2)3)20(17,18)11-4-9(5-14)19-12(11)13/h4,8,10H,5-7H2,1-3H3. The van der Waals surface area contributed by atoms with Crippen molar-refractivity contribution in [2.75, 3.05) is 27.2 Å². The van der Waals surface area contributed by atoms with Crippen LogP contribution in [-0.4, -0.2) is 50.8 Å². The molecule has 0 radical (unpaired) electrons. The van der Waals surface area contributed by atoms with Crippen LogP contribution in [0.25, 0.3) is 0 Å². The highest BCUT2D eigenvalue weighted by molar-refractivity contribution is 9.10. The maximum atomic E-state index is 12.7. The molecule has 1 aliphatic heterocycles. The molecule has 114 valence electrons. The zero-order valence-electron chi connectivity index (χ0n) is 11.6. The number of hydrogen-bond donors (Lipinski definition) is 0. The summed E-state index contributed by atoms with van der Waals surface area (Å²) < 4.78 is 32.4. The highest BCUT2D eigenvalue weighted by Gasteiger charge is 2.39. The van der Waals surface area contributed by atoms with E-state index in [1.54, 1.807) is 0 Å². The summed E-state index contributed by atoms with van der Waals surface area (Å²) >= 11 is 8.84. The third-order valence-corrected chi connectivity index (χ3v) is 6.61. The summed E-state index contributed by atoms with van der Waals surface area (Å²) in [5, 5.41) is 0. The van der Waals surface area contributed by atoms with Crippen molar-refractivity contribution in [1.29, 1.82) is 0 Å². The van der Waals surface area contributed by atoms with Crippen LogP contribution in [0.2, 0.25) is 0 Å². The Kier molecular flexibility index (Phi) is 4.86. The van der Waals surface area contributed by atoms with Crippen LogP contribution < -0.4 is 0 Å². The second-order valence-electron chi connectivity index (χ2n) is 5.31. The first kappa shape index (κ1) is 16.3.